The Morgan fingerprint density at radius 3 is 2.42 bits per heavy atom. The Kier molecular flexibility index (Phi) is 5.68. The van der Waals surface area contributed by atoms with Crippen LogP contribution in [0.25, 0.3) is 0 Å². The molecule has 1 saturated heterocycles. The fourth-order valence-electron chi connectivity index (χ4n) is 2.76. The number of anilines is 1. The third kappa shape index (κ3) is 4.29. The average molecular weight is 372 g/mol. The van der Waals surface area contributed by atoms with Gasteiger partial charge < -0.3 is 15.0 Å². The normalized spacial score (nSPS) is 14.7. The molecule has 0 radical (unpaired) electrons. The van der Waals surface area contributed by atoms with E-state index in [4.69, 9.17) is 4.74 Å². The van der Waals surface area contributed by atoms with E-state index in [0.717, 1.165) is 25.9 Å². The van der Waals surface area contributed by atoms with Crippen LogP contribution in [-0.2, 0) is 9.53 Å². The van der Waals surface area contributed by atoms with Gasteiger partial charge in [-0.15, -0.1) is 11.3 Å². The van der Waals surface area contributed by atoms with Crippen molar-refractivity contribution in [1.82, 2.24) is 4.90 Å². The van der Waals surface area contributed by atoms with Crippen molar-refractivity contribution in [3.63, 3.8) is 0 Å². The zero-order valence-electron chi connectivity index (χ0n) is 14.4. The molecule has 0 saturated carbocycles. The number of hydrogen-bond acceptors (Lipinski definition) is 5. The van der Waals surface area contributed by atoms with Crippen LogP contribution in [0.5, 0.6) is 0 Å². The third-order valence-corrected chi connectivity index (χ3v) is 5.04. The smallest absolute Gasteiger partial charge is 0.338 e. The van der Waals surface area contributed by atoms with E-state index in [0.29, 0.717) is 16.1 Å². The first-order valence-corrected chi connectivity index (χ1v) is 9.37. The van der Waals surface area contributed by atoms with E-state index < -0.39 is 12.1 Å². The van der Waals surface area contributed by atoms with Gasteiger partial charge in [0.05, 0.1) is 10.4 Å². The van der Waals surface area contributed by atoms with Crippen LogP contribution in [0.2, 0.25) is 0 Å². The molecule has 2 aromatic rings. The van der Waals surface area contributed by atoms with Gasteiger partial charge in [-0.25, -0.2) is 4.79 Å². The van der Waals surface area contributed by atoms with Crippen LogP contribution in [0.4, 0.5) is 5.69 Å². The van der Waals surface area contributed by atoms with E-state index in [1.807, 2.05) is 11.4 Å². The molecule has 1 aromatic heterocycles. The van der Waals surface area contributed by atoms with E-state index in [1.165, 1.54) is 11.3 Å². The summed E-state index contributed by atoms with van der Waals surface area (Å²) in [7, 11) is 0. The first kappa shape index (κ1) is 18.1. The predicted octanol–water partition coefficient (Wildman–Crippen LogP) is 3.17. The molecule has 6 nitrogen and oxygen atoms in total. The first-order valence-electron chi connectivity index (χ1n) is 8.49. The molecule has 26 heavy (non-hydrogen) atoms. The van der Waals surface area contributed by atoms with Gasteiger partial charge in [-0.3, -0.25) is 9.59 Å². The molecule has 1 N–H and O–H groups in total. The van der Waals surface area contributed by atoms with Crippen LogP contribution < -0.4 is 5.32 Å². The van der Waals surface area contributed by atoms with E-state index in [-0.39, 0.29) is 11.8 Å². The number of nitrogens with one attached hydrogen (secondary N) is 1. The number of ether oxygens (including phenoxy) is 1. The number of benzene rings is 1. The topological polar surface area (TPSA) is 75.7 Å². The minimum Gasteiger partial charge on any atom is -0.449 e. The van der Waals surface area contributed by atoms with Crippen LogP contribution in [-0.4, -0.2) is 41.9 Å². The Hall–Kier alpha value is -2.67. The number of esters is 1. The van der Waals surface area contributed by atoms with Crippen molar-refractivity contribution in [2.24, 2.45) is 0 Å². The maximum Gasteiger partial charge on any atom is 0.338 e. The second kappa shape index (κ2) is 8.14. The van der Waals surface area contributed by atoms with Crippen molar-refractivity contribution < 1.29 is 19.1 Å². The molecule has 1 atom stereocenters. The van der Waals surface area contributed by atoms with E-state index in [1.54, 1.807) is 42.2 Å². The molecule has 0 aliphatic carbocycles. The highest BCUT2D eigenvalue weighted by Crippen LogP contribution is 2.16. The van der Waals surface area contributed by atoms with Crippen molar-refractivity contribution >= 4 is 34.8 Å². The molecule has 1 unspecified atom stereocenters. The summed E-state index contributed by atoms with van der Waals surface area (Å²) < 4.78 is 5.27. The van der Waals surface area contributed by atoms with Crippen molar-refractivity contribution in [2.75, 3.05) is 18.4 Å². The fraction of sp³-hybridized carbons (Fsp3) is 0.316. The summed E-state index contributed by atoms with van der Waals surface area (Å²) in [4.78, 5) is 38.8. The Morgan fingerprint density at radius 1 is 1.12 bits per heavy atom. The summed E-state index contributed by atoms with van der Waals surface area (Å²) in [6.45, 7) is 3.03. The molecule has 2 heterocycles. The van der Waals surface area contributed by atoms with Crippen molar-refractivity contribution in [1.29, 1.82) is 0 Å². The standard InChI is InChI=1S/C19H20N2O4S/c1-13(18(23)21-10-2-3-11-21)25-19(24)14-6-8-15(9-7-14)20-17(22)16-5-4-12-26-16/h4-9,12-13H,2-3,10-11H2,1H3,(H,20,22). The number of amides is 2. The number of thiophene rings is 1. The molecule has 1 aliphatic heterocycles. The maximum absolute atomic E-state index is 12.2. The lowest BCUT2D eigenvalue weighted by Gasteiger charge is -2.20. The number of rotatable bonds is 5. The van der Waals surface area contributed by atoms with Gasteiger partial charge in [0, 0.05) is 18.8 Å². The number of carbonyl (C=O) groups excluding carboxylic acids is 3. The lowest BCUT2D eigenvalue weighted by molar-refractivity contribution is -0.138. The zero-order valence-corrected chi connectivity index (χ0v) is 15.3. The number of hydrogen-bond donors (Lipinski definition) is 1. The third-order valence-electron chi connectivity index (χ3n) is 4.17. The quantitative estimate of drug-likeness (QED) is 0.818. The Balaban J connectivity index is 1.56. The highest BCUT2D eigenvalue weighted by molar-refractivity contribution is 7.12. The highest BCUT2D eigenvalue weighted by Gasteiger charge is 2.26. The molecule has 136 valence electrons. The van der Waals surface area contributed by atoms with Gasteiger partial charge >= 0.3 is 5.97 Å². The van der Waals surface area contributed by atoms with Gasteiger partial charge in [-0.05, 0) is 55.5 Å². The summed E-state index contributed by atoms with van der Waals surface area (Å²) in [5.74, 6) is -0.906. The molecule has 1 aliphatic rings. The first-order chi connectivity index (χ1) is 12.5. The van der Waals surface area contributed by atoms with Gasteiger partial charge in [0.2, 0.25) is 0 Å². The minimum atomic E-state index is -0.807. The fourth-order valence-corrected chi connectivity index (χ4v) is 3.38. The van der Waals surface area contributed by atoms with Crippen LogP contribution in [0.1, 0.15) is 39.8 Å². The molecule has 1 fully saturated rings. The van der Waals surface area contributed by atoms with Gasteiger partial charge in [-0.2, -0.15) is 0 Å². The van der Waals surface area contributed by atoms with Gasteiger partial charge in [0.1, 0.15) is 0 Å². The summed E-state index contributed by atoms with van der Waals surface area (Å²) in [6, 6.07) is 9.96. The second-order valence-electron chi connectivity index (χ2n) is 6.09. The van der Waals surface area contributed by atoms with Crippen molar-refractivity contribution in [3.8, 4) is 0 Å². The summed E-state index contributed by atoms with van der Waals surface area (Å²) in [5, 5.41) is 4.60. The number of carbonyl (C=O) groups is 3. The van der Waals surface area contributed by atoms with Crippen LogP contribution >= 0.6 is 11.3 Å². The molecule has 1 aromatic carbocycles. The van der Waals surface area contributed by atoms with Crippen molar-refractivity contribution in [3.05, 3.63) is 52.2 Å². The summed E-state index contributed by atoms with van der Waals surface area (Å²) >= 11 is 1.36. The van der Waals surface area contributed by atoms with Crippen LogP contribution in [0.3, 0.4) is 0 Å². The summed E-state index contributed by atoms with van der Waals surface area (Å²) in [5.41, 5.74) is 0.918. The Labute approximate surface area is 155 Å². The molecule has 3 rings (SSSR count). The van der Waals surface area contributed by atoms with Gasteiger partial charge in [-0.1, -0.05) is 6.07 Å². The molecular weight excluding hydrogens is 352 g/mol. The predicted molar refractivity (Wildman–Crippen MR) is 99.4 cm³/mol. The zero-order chi connectivity index (χ0) is 18.5. The number of likely N-dealkylation sites (tertiary alicyclic amines) is 1. The monoisotopic (exact) mass is 372 g/mol. The minimum absolute atomic E-state index is 0.157. The Morgan fingerprint density at radius 2 is 1.81 bits per heavy atom. The molecule has 0 bridgehead atoms. The SMILES string of the molecule is CC(OC(=O)c1ccc(NC(=O)c2cccs2)cc1)C(=O)N1CCCC1. The van der Waals surface area contributed by atoms with E-state index >= 15 is 0 Å². The second-order valence-corrected chi connectivity index (χ2v) is 7.04. The van der Waals surface area contributed by atoms with E-state index in [2.05, 4.69) is 5.32 Å². The number of nitrogens with zero attached hydrogens (tertiary/aromatic N) is 1. The van der Waals surface area contributed by atoms with Crippen LogP contribution in [0, 0.1) is 0 Å². The maximum atomic E-state index is 12.2. The lowest BCUT2D eigenvalue weighted by Crippen LogP contribution is -2.38. The van der Waals surface area contributed by atoms with E-state index in [9.17, 15) is 14.4 Å². The van der Waals surface area contributed by atoms with Crippen molar-refractivity contribution in [2.45, 2.75) is 25.9 Å². The molecule has 2 amide bonds. The Bertz CT molecular complexity index is 780. The van der Waals surface area contributed by atoms with Gasteiger partial charge in [0.25, 0.3) is 11.8 Å². The van der Waals surface area contributed by atoms with Gasteiger partial charge in [0.15, 0.2) is 6.10 Å². The lowest BCUT2D eigenvalue weighted by atomic mass is 10.2. The molecule has 7 heteroatoms. The summed E-state index contributed by atoms with van der Waals surface area (Å²) in [6.07, 6.45) is 1.18. The van der Waals surface area contributed by atoms with Crippen LogP contribution in [0.15, 0.2) is 41.8 Å². The largest absolute Gasteiger partial charge is 0.449 e. The highest BCUT2D eigenvalue weighted by atomic mass is 32.1. The molecule has 0 spiro atoms. The molecular formula is C19H20N2O4S. The average Bonchev–Trinajstić information content (AvgIpc) is 3.35.